The van der Waals surface area contributed by atoms with Gasteiger partial charge in [0.15, 0.2) is 12.1 Å². The van der Waals surface area contributed by atoms with Crippen LogP contribution in [0.15, 0.2) is 48.5 Å². The number of amides is 2. The number of halogens is 4. The van der Waals surface area contributed by atoms with Gasteiger partial charge in [0, 0.05) is 5.92 Å². The fraction of sp³-hybridized carbons (Fsp3) is 0.467. The van der Waals surface area contributed by atoms with Crippen molar-refractivity contribution in [3.63, 3.8) is 0 Å². The Morgan fingerprint density at radius 1 is 1.00 bits per heavy atom. The topological polar surface area (TPSA) is 131 Å². The lowest BCUT2D eigenvalue weighted by Gasteiger charge is -2.44. The standard InChI is InChI=1S/C30H32F4N2O8/c1-28(2,3)44-27(41)36-15-29(13-12-22(36)23(37)38,25(39)43-16-30(33,34)24(31)32)35-26(40)42-14-21-19-10-6-4-8-17(19)18-9-5-7-11-20(18)21/h4-11,21-22,24H,12-16H2,1-3H3,(H,35,40)(H,37,38)/t22-,29-/m0/s1. The van der Waals surface area contributed by atoms with Gasteiger partial charge in [0.05, 0.1) is 6.54 Å². The van der Waals surface area contributed by atoms with E-state index >= 15 is 0 Å². The SMILES string of the molecule is CC(C)(C)OC(=O)N1C[C@](NC(=O)OCC2c3ccccc3-c3ccccc32)(C(=O)OCC(F)(F)C(F)F)CC[C@H]1C(=O)O. The molecular weight excluding hydrogens is 592 g/mol. The van der Waals surface area contributed by atoms with Crippen LogP contribution in [-0.2, 0) is 23.8 Å². The Morgan fingerprint density at radius 2 is 1.57 bits per heavy atom. The third-order valence-electron chi connectivity index (χ3n) is 7.36. The number of fused-ring (bicyclic) bond motifs is 3. The van der Waals surface area contributed by atoms with Crippen LogP contribution in [0.1, 0.15) is 50.7 Å². The molecule has 0 radical (unpaired) electrons. The Kier molecular flexibility index (Phi) is 9.12. The summed E-state index contributed by atoms with van der Waals surface area (Å²) in [6.07, 6.45) is -7.48. The number of piperidine rings is 1. The number of hydrogen-bond donors (Lipinski definition) is 2. The summed E-state index contributed by atoms with van der Waals surface area (Å²) >= 11 is 0. The minimum absolute atomic E-state index is 0.206. The summed E-state index contributed by atoms with van der Waals surface area (Å²) in [4.78, 5) is 52.0. The summed E-state index contributed by atoms with van der Waals surface area (Å²) in [5.41, 5.74) is 0.212. The number of nitrogens with one attached hydrogen (secondary N) is 1. The fourth-order valence-corrected chi connectivity index (χ4v) is 5.30. The molecule has 14 heteroatoms. The van der Waals surface area contributed by atoms with Crippen LogP contribution in [0.3, 0.4) is 0 Å². The third kappa shape index (κ3) is 6.89. The van der Waals surface area contributed by atoms with Crippen LogP contribution >= 0.6 is 0 Å². The summed E-state index contributed by atoms with van der Waals surface area (Å²) in [6.45, 7) is 1.41. The van der Waals surface area contributed by atoms with Gasteiger partial charge in [0.25, 0.3) is 0 Å². The first-order valence-corrected chi connectivity index (χ1v) is 13.7. The van der Waals surface area contributed by atoms with E-state index in [4.69, 9.17) is 9.47 Å². The molecular formula is C30H32F4N2O8. The number of carboxylic acid groups (broad SMARTS) is 1. The summed E-state index contributed by atoms with van der Waals surface area (Å²) < 4.78 is 68.1. The van der Waals surface area contributed by atoms with E-state index in [-0.39, 0.29) is 12.5 Å². The molecule has 0 saturated carbocycles. The van der Waals surface area contributed by atoms with Gasteiger partial charge in [-0.15, -0.1) is 0 Å². The quantitative estimate of drug-likeness (QED) is 0.233. The number of carbonyl (C=O) groups excluding carboxylic acids is 3. The first-order chi connectivity index (χ1) is 20.5. The molecule has 1 aliphatic heterocycles. The molecule has 10 nitrogen and oxygen atoms in total. The minimum atomic E-state index is -4.70. The van der Waals surface area contributed by atoms with Gasteiger partial charge < -0.3 is 24.6 Å². The summed E-state index contributed by atoms with van der Waals surface area (Å²) in [6, 6.07) is 13.4. The molecule has 0 unspecified atom stereocenters. The van der Waals surface area contributed by atoms with Gasteiger partial charge in [0.1, 0.15) is 18.2 Å². The predicted molar refractivity (Wildman–Crippen MR) is 146 cm³/mol. The number of alkyl carbamates (subject to hydrolysis) is 1. The molecule has 44 heavy (non-hydrogen) atoms. The molecule has 0 spiro atoms. The summed E-state index contributed by atoms with van der Waals surface area (Å²) in [5.74, 6) is -8.13. The van der Waals surface area contributed by atoms with E-state index in [9.17, 15) is 41.8 Å². The maximum Gasteiger partial charge on any atom is 0.411 e. The highest BCUT2D eigenvalue weighted by molar-refractivity contribution is 5.89. The summed E-state index contributed by atoms with van der Waals surface area (Å²) in [5, 5.41) is 12.0. The zero-order valence-electron chi connectivity index (χ0n) is 24.2. The second kappa shape index (κ2) is 12.3. The Balaban J connectivity index is 1.59. The largest absolute Gasteiger partial charge is 0.480 e. The second-order valence-electron chi connectivity index (χ2n) is 11.7. The lowest BCUT2D eigenvalue weighted by Crippen LogP contribution is -2.68. The third-order valence-corrected chi connectivity index (χ3v) is 7.36. The number of nitrogens with zero attached hydrogens (tertiary/aromatic N) is 1. The van der Waals surface area contributed by atoms with Crippen LogP contribution in [0.25, 0.3) is 11.1 Å². The van der Waals surface area contributed by atoms with E-state index in [2.05, 4.69) is 10.1 Å². The van der Waals surface area contributed by atoms with Crippen molar-refractivity contribution >= 4 is 24.1 Å². The van der Waals surface area contributed by atoms with Gasteiger partial charge >= 0.3 is 36.5 Å². The van der Waals surface area contributed by atoms with Crippen LogP contribution in [0.4, 0.5) is 27.2 Å². The Morgan fingerprint density at radius 3 is 2.09 bits per heavy atom. The molecule has 2 aliphatic rings. The number of aliphatic carboxylic acids is 1. The Labute approximate surface area is 250 Å². The smallest absolute Gasteiger partial charge is 0.411 e. The van der Waals surface area contributed by atoms with Crippen LogP contribution < -0.4 is 5.32 Å². The second-order valence-corrected chi connectivity index (χ2v) is 11.7. The number of benzene rings is 2. The van der Waals surface area contributed by atoms with Gasteiger partial charge in [-0.25, -0.2) is 28.0 Å². The molecule has 1 aliphatic carbocycles. The monoisotopic (exact) mass is 624 g/mol. The van der Waals surface area contributed by atoms with E-state index in [1.165, 1.54) is 20.8 Å². The molecule has 1 fully saturated rings. The van der Waals surface area contributed by atoms with Gasteiger partial charge in [-0.3, -0.25) is 4.90 Å². The van der Waals surface area contributed by atoms with E-state index in [1.807, 2.05) is 48.5 Å². The number of alkyl halides is 4. The Hall–Kier alpha value is -4.36. The first-order valence-electron chi connectivity index (χ1n) is 13.7. The average molecular weight is 625 g/mol. The number of carboxylic acids is 1. The number of rotatable bonds is 8. The molecule has 1 heterocycles. The molecule has 2 aromatic carbocycles. The maximum atomic E-state index is 13.7. The highest BCUT2D eigenvalue weighted by Crippen LogP contribution is 2.44. The van der Waals surface area contributed by atoms with Crippen molar-refractivity contribution in [2.24, 2.45) is 0 Å². The fourth-order valence-electron chi connectivity index (χ4n) is 5.30. The number of carbonyl (C=O) groups is 4. The van der Waals surface area contributed by atoms with Gasteiger partial charge in [-0.2, -0.15) is 8.78 Å². The van der Waals surface area contributed by atoms with Crippen molar-refractivity contribution in [3.8, 4) is 11.1 Å². The molecule has 2 amide bonds. The molecule has 1 saturated heterocycles. The van der Waals surface area contributed by atoms with Crippen molar-refractivity contribution in [1.29, 1.82) is 0 Å². The van der Waals surface area contributed by atoms with E-state index < -0.39 is 79.6 Å². The van der Waals surface area contributed by atoms with Crippen LogP contribution in [0, 0.1) is 0 Å². The molecule has 238 valence electrons. The molecule has 0 bridgehead atoms. The minimum Gasteiger partial charge on any atom is -0.480 e. The van der Waals surface area contributed by atoms with E-state index in [0.29, 0.717) is 4.90 Å². The lowest BCUT2D eigenvalue weighted by molar-refractivity contribution is -0.186. The van der Waals surface area contributed by atoms with Crippen LogP contribution in [-0.4, -0.2) is 83.4 Å². The van der Waals surface area contributed by atoms with Gasteiger partial charge in [0.2, 0.25) is 0 Å². The predicted octanol–water partition coefficient (Wildman–Crippen LogP) is 5.19. The zero-order valence-corrected chi connectivity index (χ0v) is 24.2. The van der Waals surface area contributed by atoms with Crippen LogP contribution in [0.2, 0.25) is 0 Å². The van der Waals surface area contributed by atoms with Gasteiger partial charge in [-0.1, -0.05) is 48.5 Å². The van der Waals surface area contributed by atoms with E-state index in [1.54, 1.807) is 0 Å². The molecule has 0 aromatic heterocycles. The molecule has 2 aromatic rings. The molecule has 2 atom stereocenters. The lowest BCUT2D eigenvalue weighted by atomic mass is 9.85. The van der Waals surface area contributed by atoms with Gasteiger partial charge in [-0.05, 0) is 55.9 Å². The average Bonchev–Trinajstić information content (AvgIpc) is 3.27. The number of likely N-dealkylation sites (tertiary alicyclic amines) is 1. The Bertz CT molecular complexity index is 1380. The summed E-state index contributed by atoms with van der Waals surface area (Å²) in [7, 11) is 0. The van der Waals surface area contributed by atoms with E-state index in [0.717, 1.165) is 22.3 Å². The zero-order chi connectivity index (χ0) is 32.4. The highest BCUT2D eigenvalue weighted by atomic mass is 19.3. The highest BCUT2D eigenvalue weighted by Gasteiger charge is 2.53. The van der Waals surface area contributed by atoms with Crippen molar-refractivity contribution in [2.75, 3.05) is 19.8 Å². The number of ether oxygens (including phenoxy) is 3. The van der Waals surface area contributed by atoms with Crippen molar-refractivity contribution in [2.45, 2.75) is 69.1 Å². The van der Waals surface area contributed by atoms with Crippen molar-refractivity contribution in [3.05, 3.63) is 59.7 Å². The number of esters is 1. The van der Waals surface area contributed by atoms with Crippen molar-refractivity contribution in [1.82, 2.24) is 10.2 Å². The first kappa shape index (κ1) is 32.6. The van der Waals surface area contributed by atoms with Crippen molar-refractivity contribution < 1.29 is 56.1 Å². The molecule has 2 N–H and O–H groups in total. The molecule has 4 rings (SSSR count). The maximum absolute atomic E-state index is 13.7. The normalized spacial score (nSPS) is 20.0. The number of hydrogen-bond acceptors (Lipinski definition) is 7. The van der Waals surface area contributed by atoms with Crippen LogP contribution in [0.5, 0.6) is 0 Å².